The van der Waals surface area contributed by atoms with Crippen LogP contribution >= 0.6 is 0 Å². The highest BCUT2D eigenvalue weighted by Crippen LogP contribution is 2.31. The minimum atomic E-state index is -0.156. The normalized spacial score (nSPS) is 15.9. The Bertz CT molecular complexity index is 956. The summed E-state index contributed by atoms with van der Waals surface area (Å²) in [5.74, 6) is 1.05. The van der Waals surface area contributed by atoms with E-state index in [0.717, 1.165) is 43.9 Å². The van der Waals surface area contributed by atoms with E-state index in [-0.39, 0.29) is 11.9 Å². The maximum Gasteiger partial charge on any atom is 0.270 e. The van der Waals surface area contributed by atoms with Gasteiger partial charge in [0.1, 0.15) is 11.4 Å². The molecule has 0 saturated carbocycles. The Morgan fingerprint density at radius 2 is 1.74 bits per heavy atom. The smallest absolute Gasteiger partial charge is 0.270 e. The molecule has 3 heterocycles. The Morgan fingerprint density at radius 1 is 1.03 bits per heavy atom. The van der Waals surface area contributed by atoms with E-state index in [4.69, 9.17) is 4.74 Å². The van der Waals surface area contributed by atoms with Crippen LogP contribution in [0.1, 0.15) is 40.6 Å². The Morgan fingerprint density at radius 3 is 2.35 bits per heavy atom. The average molecular weight is 417 g/mol. The fourth-order valence-corrected chi connectivity index (χ4v) is 4.14. The van der Waals surface area contributed by atoms with E-state index in [1.165, 1.54) is 5.56 Å². The van der Waals surface area contributed by atoms with Crippen LogP contribution < -0.4 is 10.1 Å². The highest BCUT2D eigenvalue weighted by atomic mass is 16.5. The molecular formula is C25H28N4O2. The summed E-state index contributed by atoms with van der Waals surface area (Å²) in [5, 5.41) is 3.20. The van der Waals surface area contributed by atoms with E-state index in [0.29, 0.717) is 11.6 Å². The van der Waals surface area contributed by atoms with Gasteiger partial charge in [-0.05, 0) is 73.8 Å². The van der Waals surface area contributed by atoms with Crippen molar-refractivity contribution >= 4 is 5.91 Å². The molecule has 0 unspecified atom stereocenters. The van der Waals surface area contributed by atoms with Crippen LogP contribution in [0.4, 0.5) is 0 Å². The fourth-order valence-electron chi connectivity index (χ4n) is 4.14. The summed E-state index contributed by atoms with van der Waals surface area (Å²) in [6.45, 7) is 2.89. The molecule has 6 nitrogen and oxygen atoms in total. The molecule has 1 fully saturated rings. The first-order valence-corrected chi connectivity index (χ1v) is 10.7. The number of amides is 1. The summed E-state index contributed by atoms with van der Waals surface area (Å²) in [6, 6.07) is 19.4. The Kier molecular flexibility index (Phi) is 6.89. The lowest BCUT2D eigenvalue weighted by molar-refractivity contribution is 0.0883. The standard InChI is InChI=1S/C25H28N4O2/c1-31-21-10-8-19(9-11-21)18-29-16-12-20(13-17-29)24(22-6-2-4-14-26-22)28-25(30)23-7-3-5-15-27-23/h2-11,14-15,20,24H,12-13,16-18H2,1H3,(H,28,30)/t24-/m1/s1. The van der Waals surface area contributed by atoms with Crippen molar-refractivity contribution in [3.05, 3.63) is 90.0 Å². The molecule has 0 aliphatic carbocycles. The first-order chi connectivity index (χ1) is 15.2. The van der Waals surface area contributed by atoms with Gasteiger partial charge in [0.25, 0.3) is 5.91 Å². The van der Waals surface area contributed by atoms with E-state index < -0.39 is 0 Å². The number of methoxy groups -OCH3 is 1. The number of nitrogens with one attached hydrogen (secondary N) is 1. The minimum absolute atomic E-state index is 0.126. The number of piperidine rings is 1. The van der Waals surface area contributed by atoms with Crippen molar-refractivity contribution in [3.8, 4) is 5.75 Å². The highest BCUT2D eigenvalue weighted by Gasteiger charge is 2.30. The summed E-state index contributed by atoms with van der Waals surface area (Å²) < 4.78 is 5.25. The van der Waals surface area contributed by atoms with Gasteiger partial charge in [-0.2, -0.15) is 0 Å². The number of benzene rings is 1. The molecular weight excluding hydrogens is 388 g/mol. The summed E-state index contributed by atoms with van der Waals surface area (Å²) in [5.41, 5.74) is 2.62. The van der Waals surface area contributed by atoms with Crippen LogP contribution in [0.25, 0.3) is 0 Å². The van der Waals surface area contributed by atoms with Crippen LogP contribution in [0.2, 0.25) is 0 Å². The highest BCUT2D eigenvalue weighted by molar-refractivity contribution is 5.92. The molecule has 1 saturated heterocycles. The second kappa shape index (κ2) is 10.2. The van der Waals surface area contributed by atoms with Crippen molar-refractivity contribution < 1.29 is 9.53 Å². The predicted octanol–water partition coefficient (Wildman–Crippen LogP) is 3.87. The number of aromatic nitrogens is 2. The number of nitrogens with zero attached hydrogens (tertiary/aromatic N) is 3. The third-order valence-corrected chi connectivity index (χ3v) is 5.86. The van der Waals surface area contributed by atoms with Gasteiger partial charge >= 0.3 is 0 Å². The molecule has 0 spiro atoms. The van der Waals surface area contributed by atoms with Crippen LogP contribution in [0.15, 0.2) is 73.1 Å². The van der Waals surface area contributed by atoms with Crippen LogP contribution in [-0.4, -0.2) is 41.0 Å². The van der Waals surface area contributed by atoms with Crippen molar-refractivity contribution in [3.63, 3.8) is 0 Å². The maximum absolute atomic E-state index is 12.8. The third kappa shape index (κ3) is 5.47. The molecule has 1 N–H and O–H groups in total. The molecule has 6 heteroatoms. The summed E-state index contributed by atoms with van der Waals surface area (Å²) >= 11 is 0. The van der Waals surface area contributed by atoms with Gasteiger partial charge in [0.05, 0.1) is 18.8 Å². The molecule has 1 atom stereocenters. The van der Waals surface area contributed by atoms with Crippen molar-refractivity contribution in [1.82, 2.24) is 20.2 Å². The Balaban J connectivity index is 1.41. The first-order valence-electron chi connectivity index (χ1n) is 10.7. The zero-order valence-corrected chi connectivity index (χ0v) is 17.8. The molecule has 1 aliphatic rings. The molecule has 1 aliphatic heterocycles. The van der Waals surface area contributed by atoms with Crippen LogP contribution in [0.3, 0.4) is 0 Å². The largest absolute Gasteiger partial charge is 0.497 e. The molecule has 4 rings (SSSR count). The lowest BCUT2D eigenvalue weighted by Gasteiger charge is -2.36. The summed E-state index contributed by atoms with van der Waals surface area (Å²) in [7, 11) is 1.68. The van der Waals surface area contributed by atoms with Gasteiger partial charge in [0.15, 0.2) is 0 Å². The third-order valence-electron chi connectivity index (χ3n) is 5.86. The topological polar surface area (TPSA) is 67.3 Å². The van der Waals surface area contributed by atoms with E-state index in [1.807, 2.05) is 42.5 Å². The van der Waals surface area contributed by atoms with Gasteiger partial charge < -0.3 is 10.1 Å². The van der Waals surface area contributed by atoms with Crippen LogP contribution in [-0.2, 0) is 6.54 Å². The Hall–Kier alpha value is -3.25. The van der Waals surface area contributed by atoms with Gasteiger partial charge in [0, 0.05) is 18.9 Å². The molecule has 31 heavy (non-hydrogen) atoms. The summed E-state index contributed by atoms with van der Waals surface area (Å²) in [4.78, 5) is 24.0. The maximum atomic E-state index is 12.8. The number of likely N-dealkylation sites (tertiary alicyclic amines) is 1. The van der Waals surface area contributed by atoms with Crippen molar-refractivity contribution in [2.45, 2.75) is 25.4 Å². The van der Waals surface area contributed by atoms with Crippen molar-refractivity contribution in [2.75, 3.05) is 20.2 Å². The van der Waals surface area contributed by atoms with E-state index in [1.54, 1.807) is 25.6 Å². The number of hydrogen-bond donors (Lipinski definition) is 1. The van der Waals surface area contributed by atoms with E-state index >= 15 is 0 Å². The molecule has 2 aromatic heterocycles. The second-order valence-electron chi connectivity index (χ2n) is 7.88. The molecule has 0 radical (unpaired) electrons. The number of rotatable bonds is 7. The quantitative estimate of drug-likeness (QED) is 0.633. The molecule has 1 aromatic carbocycles. The lowest BCUT2D eigenvalue weighted by atomic mass is 9.87. The lowest BCUT2D eigenvalue weighted by Crippen LogP contribution is -2.41. The number of ether oxygens (including phenoxy) is 1. The monoisotopic (exact) mass is 416 g/mol. The number of hydrogen-bond acceptors (Lipinski definition) is 5. The van der Waals surface area contributed by atoms with Gasteiger partial charge in [-0.1, -0.05) is 24.3 Å². The molecule has 3 aromatic rings. The molecule has 160 valence electrons. The SMILES string of the molecule is COc1ccc(CN2CCC([C@@H](NC(=O)c3ccccn3)c3ccccn3)CC2)cc1. The van der Waals surface area contributed by atoms with Gasteiger partial charge in [-0.3, -0.25) is 19.7 Å². The van der Waals surface area contributed by atoms with Crippen molar-refractivity contribution in [2.24, 2.45) is 5.92 Å². The zero-order chi connectivity index (χ0) is 21.5. The summed E-state index contributed by atoms with van der Waals surface area (Å²) in [6.07, 6.45) is 5.43. The van der Waals surface area contributed by atoms with Crippen LogP contribution in [0, 0.1) is 5.92 Å². The molecule has 0 bridgehead atoms. The predicted molar refractivity (Wildman–Crippen MR) is 120 cm³/mol. The van der Waals surface area contributed by atoms with E-state index in [2.05, 4.69) is 32.3 Å². The van der Waals surface area contributed by atoms with E-state index in [9.17, 15) is 4.79 Å². The number of pyridine rings is 2. The van der Waals surface area contributed by atoms with Gasteiger partial charge in [-0.25, -0.2) is 0 Å². The Labute approximate surface area is 183 Å². The second-order valence-corrected chi connectivity index (χ2v) is 7.88. The first kappa shape index (κ1) is 21.0. The molecule has 1 amide bonds. The fraction of sp³-hybridized carbons (Fsp3) is 0.320. The average Bonchev–Trinajstić information content (AvgIpc) is 2.84. The number of carbonyl (C=O) groups excluding carboxylic acids is 1. The van der Waals surface area contributed by atoms with Gasteiger partial charge in [-0.15, -0.1) is 0 Å². The zero-order valence-electron chi connectivity index (χ0n) is 17.8. The van der Waals surface area contributed by atoms with Gasteiger partial charge in [0.2, 0.25) is 0 Å². The van der Waals surface area contributed by atoms with Crippen LogP contribution in [0.5, 0.6) is 5.75 Å². The number of carbonyl (C=O) groups is 1. The van der Waals surface area contributed by atoms with Crippen molar-refractivity contribution in [1.29, 1.82) is 0 Å². The minimum Gasteiger partial charge on any atom is -0.497 e.